The zero-order chi connectivity index (χ0) is 23.1. The van der Waals surface area contributed by atoms with Crippen LogP contribution in [0.2, 0.25) is 0 Å². The summed E-state index contributed by atoms with van der Waals surface area (Å²) in [5, 5.41) is 6.77. The van der Waals surface area contributed by atoms with Crippen LogP contribution in [-0.4, -0.2) is 42.4 Å². The highest BCUT2D eigenvalue weighted by molar-refractivity contribution is 7.21. The zero-order valence-electron chi connectivity index (χ0n) is 18.8. The lowest BCUT2D eigenvalue weighted by Crippen LogP contribution is -2.22. The normalized spacial score (nSPS) is 11.2. The molecule has 2 aromatic rings. The lowest BCUT2D eigenvalue weighted by Gasteiger charge is -2.11. The van der Waals surface area contributed by atoms with Crippen LogP contribution in [0.3, 0.4) is 0 Å². The van der Waals surface area contributed by atoms with Crippen LogP contribution in [0.15, 0.2) is 58.9 Å². The Morgan fingerprint density at radius 3 is 2.74 bits per heavy atom. The molecule has 4 N–H and O–H groups in total. The van der Waals surface area contributed by atoms with E-state index in [1.165, 1.54) is 0 Å². The molecule has 0 aromatic carbocycles. The van der Waals surface area contributed by atoms with Crippen molar-refractivity contribution in [1.82, 2.24) is 14.9 Å². The first-order valence-corrected chi connectivity index (χ1v) is 10.9. The van der Waals surface area contributed by atoms with Gasteiger partial charge in [-0.25, -0.2) is 4.98 Å². The highest BCUT2D eigenvalue weighted by atomic mass is 31.0. The smallest absolute Gasteiger partial charge is 0.250 e. The maximum Gasteiger partial charge on any atom is 0.250 e. The first-order chi connectivity index (χ1) is 15.0. The number of nitrogens with two attached hydrogens (primary N) is 1. The van der Waals surface area contributed by atoms with E-state index in [1.54, 1.807) is 43.2 Å². The third-order valence-electron chi connectivity index (χ3n) is 4.28. The van der Waals surface area contributed by atoms with Gasteiger partial charge in [0.1, 0.15) is 5.82 Å². The fraction of sp³-hybridized carbons (Fsp3) is 0.348. The number of allylic oxidation sites excluding steroid dienone is 2. The number of aromatic nitrogens is 2. The fourth-order valence-electron chi connectivity index (χ4n) is 2.72. The molecule has 0 bridgehead atoms. The highest BCUT2D eigenvalue weighted by Gasteiger charge is 2.05. The summed E-state index contributed by atoms with van der Waals surface area (Å²) < 4.78 is 1.61. The van der Waals surface area contributed by atoms with Crippen molar-refractivity contribution in [1.29, 1.82) is 0 Å². The van der Waals surface area contributed by atoms with Gasteiger partial charge >= 0.3 is 0 Å². The average Bonchev–Trinajstić information content (AvgIpc) is 2.75. The Morgan fingerprint density at radius 1 is 1.35 bits per heavy atom. The molecule has 1 unspecified atom stereocenters. The lowest BCUT2D eigenvalue weighted by atomic mass is 10.1. The molecule has 0 saturated carbocycles. The van der Waals surface area contributed by atoms with Crippen LogP contribution < -0.4 is 21.9 Å². The summed E-state index contributed by atoms with van der Waals surface area (Å²) in [6.45, 7) is 7.81. The lowest BCUT2D eigenvalue weighted by molar-refractivity contribution is 0.657. The molecule has 0 amide bonds. The molecular formula is C23H35N6OP. The predicted molar refractivity (Wildman–Crippen MR) is 138 cm³/mol. The van der Waals surface area contributed by atoms with Crippen molar-refractivity contribution in [3.63, 3.8) is 0 Å². The summed E-state index contributed by atoms with van der Waals surface area (Å²) in [7, 11) is 6.10. The molecule has 31 heavy (non-hydrogen) atoms. The maximum absolute atomic E-state index is 11.4. The van der Waals surface area contributed by atoms with Gasteiger partial charge in [0.05, 0.1) is 5.69 Å². The van der Waals surface area contributed by atoms with E-state index in [9.17, 15) is 4.79 Å². The molecule has 0 aliphatic carbocycles. The van der Waals surface area contributed by atoms with Crippen LogP contribution in [0.4, 0.5) is 11.5 Å². The fourth-order valence-corrected chi connectivity index (χ4v) is 3.00. The van der Waals surface area contributed by atoms with Gasteiger partial charge in [0.25, 0.3) is 0 Å². The molecular weight excluding hydrogens is 407 g/mol. The predicted octanol–water partition coefficient (Wildman–Crippen LogP) is 3.11. The minimum absolute atomic E-state index is 0.0166. The number of pyridine rings is 2. The zero-order valence-corrected chi connectivity index (χ0v) is 19.9. The van der Waals surface area contributed by atoms with Crippen LogP contribution in [0, 0.1) is 0 Å². The van der Waals surface area contributed by atoms with Crippen molar-refractivity contribution < 1.29 is 0 Å². The molecule has 0 aliphatic heterocycles. The Labute approximate surface area is 187 Å². The van der Waals surface area contributed by atoms with Gasteiger partial charge in [0, 0.05) is 56.5 Å². The van der Waals surface area contributed by atoms with Crippen LogP contribution in [0.1, 0.15) is 24.5 Å². The van der Waals surface area contributed by atoms with Crippen molar-refractivity contribution in [2.45, 2.75) is 19.8 Å². The third kappa shape index (κ3) is 9.73. The molecule has 0 fully saturated rings. The largest absolute Gasteiger partial charge is 0.382 e. The van der Waals surface area contributed by atoms with Crippen molar-refractivity contribution in [3.05, 3.63) is 70.5 Å². The minimum Gasteiger partial charge on any atom is -0.382 e. The molecule has 0 spiro atoms. The van der Waals surface area contributed by atoms with Gasteiger partial charge in [-0.2, -0.15) is 0 Å². The molecule has 1 atom stereocenters. The van der Waals surface area contributed by atoms with E-state index in [1.807, 2.05) is 31.1 Å². The Bertz CT molecular complexity index is 936. The van der Waals surface area contributed by atoms with Gasteiger partial charge in [-0.15, -0.1) is 15.8 Å². The molecule has 7 nitrogen and oxygen atoms in total. The van der Waals surface area contributed by atoms with Gasteiger partial charge in [-0.1, -0.05) is 18.0 Å². The molecule has 168 valence electrons. The van der Waals surface area contributed by atoms with E-state index in [0.29, 0.717) is 5.82 Å². The van der Waals surface area contributed by atoms with Crippen molar-refractivity contribution in [2.75, 3.05) is 37.7 Å². The number of rotatable bonds is 10. The molecule has 2 heterocycles. The van der Waals surface area contributed by atoms with E-state index in [4.69, 9.17) is 5.73 Å². The number of anilines is 2. The first kappa shape index (κ1) is 26.3. The summed E-state index contributed by atoms with van der Waals surface area (Å²) in [5.74, 6) is 2.40. The number of hydrogen-bond acceptors (Lipinski definition) is 6. The Kier molecular flexibility index (Phi) is 12.8. The van der Waals surface area contributed by atoms with Crippen LogP contribution in [0.25, 0.3) is 5.57 Å². The Morgan fingerprint density at radius 2 is 2.10 bits per heavy atom. The van der Waals surface area contributed by atoms with Crippen molar-refractivity contribution in [2.24, 2.45) is 12.0 Å². The molecule has 0 radical (unpaired) electrons. The highest BCUT2D eigenvalue weighted by Crippen LogP contribution is 2.22. The maximum atomic E-state index is 11.4. The molecule has 8 heteroatoms. The van der Waals surface area contributed by atoms with Crippen LogP contribution in [-0.2, 0) is 13.5 Å². The molecule has 0 aliphatic rings. The molecule has 2 aromatic heterocycles. The monoisotopic (exact) mass is 442 g/mol. The molecule has 2 rings (SSSR count). The van der Waals surface area contributed by atoms with Gasteiger partial charge < -0.3 is 20.9 Å². The van der Waals surface area contributed by atoms with Crippen molar-refractivity contribution >= 4 is 32.5 Å². The van der Waals surface area contributed by atoms with Crippen LogP contribution >= 0.6 is 9.24 Å². The second kappa shape index (κ2) is 15.1. The van der Waals surface area contributed by atoms with Crippen LogP contribution in [0.5, 0.6) is 0 Å². The Balaban J connectivity index is 0.00000151. The van der Waals surface area contributed by atoms with Gasteiger partial charge in [0.2, 0.25) is 5.56 Å². The second-order valence-electron chi connectivity index (χ2n) is 6.84. The summed E-state index contributed by atoms with van der Waals surface area (Å²) in [6, 6.07) is 5.48. The van der Waals surface area contributed by atoms with E-state index in [-0.39, 0.29) is 5.56 Å². The summed E-state index contributed by atoms with van der Waals surface area (Å²) in [5.41, 5.74) is 9.92. The number of hydrogen-bond donors (Lipinski definition) is 3. The molecule has 0 saturated heterocycles. The Hall–Kier alpha value is -2.76. The standard InChI is InChI=1S/C20H29N6OP.C3H6/c1-22-11-17(14-28)16-10-18(20(21)25-12-16)24-8-3-7-23-9-6-15-4-5-19(27)26(2)13-15;1-3-2/h4-5,10-14,23-24H,3,6-9,28H2,1-2H3,(H2,21,25);3H,1H2,2H3/b17-14+,22-11?;. The topological polar surface area (TPSA) is 97.3 Å². The van der Waals surface area contributed by atoms with E-state index in [0.717, 1.165) is 54.9 Å². The van der Waals surface area contributed by atoms with E-state index >= 15 is 0 Å². The SMILES string of the molecule is C=CC.CN=C/C(=C\P)c1cnc(N)c(NCCCNCCc2ccc(=O)n(C)c2)c1. The second-order valence-corrected chi connectivity index (χ2v) is 7.17. The number of aliphatic imine (C=N–C) groups is 1. The number of nitrogens with zero attached hydrogens (tertiary/aromatic N) is 3. The van der Waals surface area contributed by atoms with E-state index < -0.39 is 0 Å². The third-order valence-corrected chi connectivity index (χ3v) is 4.64. The first-order valence-electron chi connectivity index (χ1n) is 10.2. The minimum atomic E-state index is 0.0166. The summed E-state index contributed by atoms with van der Waals surface area (Å²) in [4.78, 5) is 19.7. The number of nitrogens with one attached hydrogen (secondary N) is 2. The number of aryl methyl sites for hydroxylation is 1. The van der Waals surface area contributed by atoms with Gasteiger partial charge in [-0.3, -0.25) is 9.79 Å². The summed E-state index contributed by atoms with van der Waals surface area (Å²) in [6.07, 6.45) is 9.02. The average molecular weight is 443 g/mol. The van der Waals surface area contributed by atoms with Crippen molar-refractivity contribution in [3.8, 4) is 0 Å². The van der Waals surface area contributed by atoms with Gasteiger partial charge in [0.15, 0.2) is 0 Å². The van der Waals surface area contributed by atoms with E-state index in [2.05, 4.69) is 36.4 Å². The summed E-state index contributed by atoms with van der Waals surface area (Å²) >= 11 is 0. The van der Waals surface area contributed by atoms with Gasteiger partial charge in [-0.05, 0) is 44.5 Å². The number of nitrogen functional groups attached to an aromatic ring is 1. The quantitative estimate of drug-likeness (QED) is 0.227.